The van der Waals surface area contributed by atoms with Gasteiger partial charge in [-0.25, -0.2) is 0 Å². The molecule has 0 radical (unpaired) electrons. The van der Waals surface area contributed by atoms with Gasteiger partial charge in [0.1, 0.15) is 0 Å². The Bertz CT molecular complexity index is 506. The van der Waals surface area contributed by atoms with E-state index in [4.69, 9.17) is 0 Å². The molecule has 1 nitrogen and oxygen atoms in total. The van der Waals surface area contributed by atoms with Crippen LogP contribution in [0, 0.1) is 46.8 Å². The van der Waals surface area contributed by atoms with E-state index in [0.717, 1.165) is 47.3 Å². The van der Waals surface area contributed by atoms with Crippen molar-refractivity contribution in [2.45, 2.75) is 97.0 Å². The van der Waals surface area contributed by atoms with Gasteiger partial charge in [-0.1, -0.05) is 56.0 Å². The lowest BCUT2D eigenvalue weighted by atomic mass is 9.48. The molecule has 150 valence electrons. The molecule has 4 aliphatic rings. The second-order valence-corrected chi connectivity index (χ2v) is 11.5. The first kappa shape index (κ1) is 19.7. The van der Waals surface area contributed by atoms with Crippen LogP contribution in [0.3, 0.4) is 0 Å². The molecule has 4 saturated carbocycles. The van der Waals surface area contributed by atoms with Crippen LogP contribution in [0.5, 0.6) is 0 Å². The molecule has 0 aromatic heterocycles. The third-order valence-corrected chi connectivity index (χ3v) is 11.0. The van der Waals surface area contributed by atoms with E-state index in [0.29, 0.717) is 5.92 Å². The standard InChI is InChI=1S/C24H41BrO/c1-4-5-17-6-8-19-18(14-17)7-9-21-20(19)10-12-23(3)22(21)11-13-24(23,26)16(2)15-25/h16-22,26H,4-15H2,1-3H3/t16?,17-,18?,19?,20?,21+,22?,23-,24-/m0/s1. The van der Waals surface area contributed by atoms with Crippen LogP contribution in [-0.2, 0) is 0 Å². The van der Waals surface area contributed by atoms with Crippen molar-refractivity contribution < 1.29 is 5.11 Å². The van der Waals surface area contributed by atoms with Crippen LogP contribution in [0.15, 0.2) is 0 Å². The molecule has 0 aromatic rings. The summed E-state index contributed by atoms with van der Waals surface area (Å²) in [5.74, 6) is 6.13. The lowest BCUT2D eigenvalue weighted by molar-refractivity contribution is -0.149. The van der Waals surface area contributed by atoms with Crippen molar-refractivity contribution >= 4 is 15.9 Å². The summed E-state index contributed by atoms with van der Waals surface area (Å²) in [4.78, 5) is 0. The normalized spacial score (nSPS) is 52.0. The zero-order valence-electron chi connectivity index (χ0n) is 17.4. The Morgan fingerprint density at radius 3 is 2.50 bits per heavy atom. The lowest BCUT2D eigenvalue weighted by Gasteiger charge is -2.58. The van der Waals surface area contributed by atoms with Crippen LogP contribution in [-0.4, -0.2) is 16.0 Å². The monoisotopic (exact) mass is 424 g/mol. The molecule has 0 amide bonds. The topological polar surface area (TPSA) is 20.2 Å². The molecule has 0 spiro atoms. The zero-order chi connectivity index (χ0) is 18.5. The molecular formula is C24H41BrO. The van der Waals surface area contributed by atoms with Crippen LogP contribution >= 0.6 is 15.9 Å². The summed E-state index contributed by atoms with van der Waals surface area (Å²) in [5.41, 5.74) is -0.282. The predicted octanol–water partition coefficient (Wildman–Crippen LogP) is 6.82. The van der Waals surface area contributed by atoms with E-state index >= 15 is 0 Å². The van der Waals surface area contributed by atoms with Gasteiger partial charge in [0.25, 0.3) is 0 Å². The predicted molar refractivity (Wildman–Crippen MR) is 113 cm³/mol. The van der Waals surface area contributed by atoms with Crippen molar-refractivity contribution in [3.63, 3.8) is 0 Å². The van der Waals surface area contributed by atoms with Crippen LogP contribution in [0.2, 0.25) is 0 Å². The highest BCUT2D eigenvalue weighted by Gasteiger charge is 2.63. The first-order chi connectivity index (χ1) is 12.4. The molecule has 9 atom stereocenters. The smallest absolute Gasteiger partial charge is 0.0737 e. The fraction of sp³-hybridized carbons (Fsp3) is 1.00. The van der Waals surface area contributed by atoms with Gasteiger partial charge in [0.05, 0.1) is 5.60 Å². The summed E-state index contributed by atoms with van der Waals surface area (Å²) < 4.78 is 0. The van der Waals surface area contributed by atoms with E-state index in [1.165, 1.54) is 64.2 Å². The molecule has 0 bridgehead atoms. The fourth-order valence-corrected chi connectivity index (χ4v) is 9.14. The Balaban J connectivity index is 1.51. The van der Waals surface area contributed by atoms with Gasteiger partial charge in [-0.05, 0) is 98.2 Å². The number of halogens is 1. The third-order valence-electron chi connectivity index (χ3n) is 10.0. The first-order valence-corrected chi connectivity index (χ1v) is 12.8. The second kappa shape index (κ2) is 7.36. The highest BCUT2D eigenvalue weighted by molar-refractivity contribution is 9.09. The molecule has 0 aliphatic heterocycles. The summed E-state index contributed by atoms with van der Waals surface area (Å²) in [6.07, 6.45) is 15.3. The van der Waals surface area contributed by atoms with E-state index in [-0.39, 0.29) is 5.41 Å². The average Bonchev–Trinajstić information content (AvgIpc) is 2.93. The fourth-order valence-electron chi connectivity index (χ4n) is 8.61. The van der Waals surface area contributed by atoms with Crippen molar-refractivity contribution in [1.29, 1.82) is 0 Å². The number of fused-ring (bicyclic) bond motifs is 5. The van der Waals surface area contributed by atoms with Gasteiger partial charge in [0, 0.05) is 5.33 Å². The molecule has 0 saturated heterocycles. The van der Waals surface area contributed by atoms with E-state index < -0.39 is 5.60 Å². The molecule has 4 fully saturated rings. The zero-order valence-corrected chi connectivity index (χ0v) is 18.9. The van der Waals surface area contributed by atoms with Crippen LogP contribution in [0.1, 0.15) is 91.4 Å². The molecule has 0 heterocycles. The molecule has 2 heteroatoms. The maximum atomic E-state index is 11.7. The van der Waals surface area contributed by atoms with Gasteiger partial charge in [-0.3, -0.25) is 0 Å². The van der Waals surface area contributed by atoms with Crippen LogP contribution < -0.4 is 0 Å². The van der Waals surface area contributed by atoms with Gasteiger partial charge >= 0.3 is 0 Å². The average molecular weight is 425 g/mol. The molecule has 26 heavy (non-hydrogen) atoms. The molecule has 4 aliphatic carbocycles. The van der Waals surface area contributed by atoms with E-state index in [1.807, 2.05) is 0 Å². The largest absolute Gasteiger partial charge is 0.389 e. The number of rotatable bonds is 4. The molecular weight excluding hydrogens is 384 g/mol. The minimum Gasteiger partial charge on any atom is -0.389 e. The summed E-state index contributed by atoms with van der Waals surface area (Å²) >= 11 is 3.67. The van der Waals surface area contributed by atoms with Gasteiger partial charge in [0.2, 0.25) is 0 Å². The maximum absolute atomic E-state index is 11.7. The lowest BCUT2D eigenvalue weighted by Crippen LogP contribution is -2.56. The second-order valence-electron chi connectivity index (χ2n) is 10.9. The maximum Gasteiger partial charge on any atom is 0.0737 e. The van der Waals surface area contributed by atoms with E-state index in [2.05, 4.69) is 36.7 Å². The third kappa shape index (κ3) is 2.87. The minimum atomic E-state index is -0.443. The Morgan fingerprint density at radius 1 is 1.00 bits per heavy atom. The molecule has 0 aromatic carbocycles. The minimum absolute atomic E-state index is 0.160. The first-order valence-electron chi connectivity index (χ1n) is 11.7. The molecule has 4 rings (SSSR count). The van der Waals surface area contributed by atoms with Crippen LogP contribution in [0.4, 0.5) is 0 Å². The number of hydrogen-bond acceptors (Lipinski definition) is 1. The number of alkyl halides is 1. The van der Waals surface area contributed by atoms with Gasteiger partial charge in [-0.15, -0.1) is 0 Å². The van der Waals surface area contributed by atoms with E-state index in [1.54, 1.807) is 0 Å². The Morgan fingerprint density at radius 2 is 1.77 bits per heavy atom. The Kier molecular flexibility index (Phi) is 5.59. The van der Waals surface area contributed by atoms with Crippen molar-refractivity contribution in [1.82, 2.24) is 0 Å². The summed E-state index contributed by atoms with van der Waals surface area (Å²) in [6, 6.07) is 0. The van der Waals surface area contributed by atoms with Crippen molar-refractivity contribution in [2.75, 3.05) is 5.33 Å². The highest BCUT2D eigenvalue weighted by Crippen LogP contribution is 2.66. The van der Waals surface area contributed by atoms with Crippen molar-refractivity contribution in [2.24, 2.45) is 46.8 Å². The number of aliphatic hydroxyl groups is 1. The van der Waals surface area contributed by atoms with Gasteiger partial charge in [-0.2, -0.15) is 0 Å². The van der Waals surface area contributed by atoms with Crippen molar-refractivity contribution in [3.05, 3.63) is 0 Å². The number of hydrogen-bond donors (Lipinski definition) is 1. The Hall–Kier alpha value is 0.440. The van der Waals surface area contributed by atoms with Gasteiger partial charge < -0.3 is 5.11 Å². The summed E-state index contributed by atoms with van der Waals surface area (Å²) in [7, 11) is 0. The SMILES string of the molecule is CCC[C@H]1CCC2C(CC[C@@H]3C2CC[C@@]2(C)C3CC[C@]2(O)C(C)CBr)C1. The molecule has 5 unspecified atom stereocenters. The highest BCUT2D eigenvalue weighted by atomic mass is 79.9. The summed E-state index contributed by atoms with van der Waals surface area (Å²) in [6.45, 7) is 7.09. The molecule has 1 N–H and O–H groups in total. The van der Waals surface area contributed by atoms with Gasteiger partial charge in [0.15, 0.2) is 0 Å². The quantitative estimate of drug-likeness (QED) is 0.490. The van der Waals surface area contributed by atoms with Crippen LogP contribution in [0.25, 0.3) is 0 Å². The van der Waals surface area contributed by atoms with E-state index in [9.17, 15) is 5.11 Å². The Labute approximate surface area is 170 Å². The summed E-state index contributed by atoms with van der Waals surface area (Å²) in [5, 5.41) is 12.6. The van der Waals surface area contributed by atoms with Crippen molar-refractivity contribution in [3.8, 4) is 0 Å².